The molecule has 2 aromatic carbocycles. The minimum Gasteiger partial charge on any atom is -0.493 e. The van der Waals surface area contributed by atoms with E-state index in [1.807, 2.05) is 0 Å². The van der Waals surface area contributed by atoms with Gasteiger partial charge in [0.05, 0.1) is 27.8 Å². The Kier molecular flexibility index (Phi) is 6.82. The summed E-state index contributed by atoms with van der Waals surface area (Å²) in [6, 6.07) is 11.5. The van der Waals surface area contributed by atoms with Crippen LogP contribution in [-0.4, -0.2) is 64.1 Å². The van der Waals surface area contributed by atoms with Gasteiger partial charge in [0.25, 0.3) is 0 Å². The lowest BCUT2D eigenvalue weighted by atomic mass is 10.1. The number of ketones is 1. The van der Waals surface area contributed by atoms with E-state index in [0.717, 1.165) is 18.8 Å². The van der Waals surface area contributed by atoms with Gasteiger partial charge in [0.2, 0.25) is 11.7 Å². The SMILES string of the molecule is COc1cc(C(=O)CC(=O)N2CCN(c3ccc(C)cc3)CC2)cc(OC)c1OC. The minimum absolute atomic E-state index is 0.169. The molecule has 160 valence electrons. The van der Waals surface area contributed by atoms with Gasteiger partial charge in [-0.2, -0.15) is 0 Å². The number of carbonyl (C=O) groups excluding carboxylic acids is 2. The van der Waals surface area contributed by atoms with Gasteiger partial charge in [-0.3, -0.25) is 9.59 Å². The Bertz CT molecular complexity index is 877. The lowest BCUT2D eigenvalue weighted by Gasteiger charge is -2.36. The Balaban J connectivity index is 1.62. The lowest BCUT2D eigenvalue weighted by molar-refractivity contribution is -0.130. The Hall–Kier alpha value is -3.22. The predicted molar refractivity (Wildman–Crippen MR) is 115 cm³/mol. The third kappa shape index (κ3) is 4.67. The van der Waals surface area contributed by atoms with Crippen molar-refractivity contribution in [3.63, 3.8) is 0 Å². The summed E-state index contributed by atoms with van der Waals surface area (Å²) in [5, 5.41) is 0. The molecule has 0 spiro atoms. The van der Waals surface area contributed by atoms with Crippen molar-refractivity contribution in [2.24, 2.45) is 0 Å². The number of rotatable bonds is 7. The number of hydrogen-bond donors (Lipinski definition) is 0. The van der Waals surface area contributed by atoms with Crippen molar-refractivity contribution < 1.29 is 23.8 Å². The number of methoxy groups -OCH3 is 3. The number of benzene rings is 2. The zero-order chi connectivity index (χ0) is 21.7. The van der Waals surface area contributed by atoms with Crippen LogP contribution in [0, 0.1) is 6.92 Å². The van der Waals surface area contributed by atoms with E-state index in [1.165, 1.54) is 26.9 Å². The molecule has 30 heavy (non-hydrogen) atoms. The Morgan fingerprint density at radius 1 is 0.867 bits per heavy atom. The monoisotopic (exact) mass is 412 g/mol. The Labute approximate surface area is 177 Å². The molecule has 7 heteroatoms. The predicted octanol–water partition coefficient (Wildman–Crippen LogP) is 2.94. The fraction of sp³-hybridized carbons (Fsp3) is 0.391. The average Bonchev–Trinajstić information content (AvgIpc) is 2.78. The summed E-state index contributed by atoms with van der Waals surface area (Å²) in [6.45, 7) is 4.73. The molecule has 7 nitrogen and oxygen atoms in total. The van der Waals surface area contributed by atoms with Crippen LogP contribution in [0.2, 0.25) is 0 Å². The van der Waals surface area contributed by atoms with Crippen LogP contribution in [0.5, 0.6) is 17.2 Å². The van der Waals surface area contributed by atoms with Crippen molar-refractivity contribution in [2.45, 2.75) is 13.3 Å². The molecule has 1 heterocycles. The van der Waals surface area contributed by atoms with Crippen LogP contribution in [0.3, 0.4) is 0 Å². The van der Waals surface area contributed by atoms with E-state index < -0.39 is 0 Å². The second kappa shape index (κ2) is 9.52. The number of hydrogen-bond acceptors (Lipinski definition) is 6. The highest BCUT2D eigenvalue weighted by atomic mass is 16.5. The van der Waals surface area contributed by atoms with Gasteiger partial charge in [0, 0.05) is 37.4 Å². The van der Waals surface area contributed by atoms with Gasteiger partial charge in [0.1, 0.15) is 0 Å². The first-order valence-corrected chi connectivity index (χ1v) is 9.89. The highest BCUT2D eigenvalue weighted by Crippen LogP contribution is 2.38. The Morgan fingerprint density at radius 2 is 1.43 bits per heavy atom. The molecular formula is C23H28N2O5. The van der Waals surface area contributed by atoms with Gasteiger partial charge in [-0.25, -0.2) is 0 Å². The molecule has 0 radical (unpaired) electrons. The molecule has 3 rings (SSSR count). The quantitative estimate of drug-likeness (QED) is 0.515. The maximum absolute atomic E-state index is 12.7. The molecule has 1 aliphatic rings. The standard InChI is InChI=1S/C23H28N2O5/c1-16-5-7-18(8-6-16)24-9-11-25(12-10-24)22(27)15-19(26)17-13-20(28-2)23(30-4)21(14-17)29-3/h5-8,13-14H,9-12,15H2,1-4H3. The normalized spacial score (nSPS) is 13.7. The molecular weight excluding hydrogens is 384 g/mol. The first-order valence-electron chi connectivity index (χ1n) is 9.89. The van der Waals surface area contributed by atoms with Gasteiger partial charge < -0.3 is 24.0 Å². The number of piperazine rings is 1. The molecule has 0 saturated carbocycles. The molecule has 1 aliphatic heterocycles. The van der Waals surface area contributed by atoms with E-state index >= 15 is 0 Å². The van der Waals surface area contributed by atoms with E-state index in [2.05, 4.69) is 36.1 Å². The lowest BCUT2D eigenvalue weighted by Crippen LogP contribution is -2.49. The number of carbonyl (C=O) groups is 2. The van der Waals surface area contributed by atoms with Crippen molar-refractivity contribution in [1.29, 1.82) is 0 Å². The fourth-order valence-electron chi connectivity index (χ4n) is 3.56. The van der Waals surface area contributed by atoms with Crippen molar-refractivity contribution in [2.75, 3.05) is 52.4 Å². The summed E-state index contributed by atoms with van der Waals surface area (Å²) < 4.78 is 15.9. The van der Waals surface area contributed by atoms with Crippen LogP contribution < -0.4 is 19.1 Å². The molecule has 0 aromatic heterocycles. The zero-order valence-electron chi connectivity index (χ0n) is 17.9. The fourth-order valence-corrected chi connectivity index (χ4v) is 3.56. The van der Waals surface area contributed by atoms with Gasteiger partial charge in [0.15, 0.2) is 17.3 Å². The van der Waals surface area contributed by atoms with E-state index in [4.69, 9.17) is 14.2 Å². The summed E-state index contributed by atoms with van der Waals surface area (Å²) in [6.07, 6.45) is -0.191. The van der Waals surface area contributed by atoms with E-state index in [-0.39, 0.29) is 18.1 Å². The van der Waals surface area contributed by atoms with Crippen LogP contribution in [0.1, 0.15) is 22.3 Å². The van der Waals surface area contributed by atoms with Crippen molar-refractivity contribution >= 4 is 17.4 Å². The van der Waals surface area contributed by atoms with Crippen molar-refractivity contribution in [3.8, 4) is 17.2 Å². The first-order chi connectivity index (χ1) is 14.5. The highest BCUT2D eigenvalue weighted by molar-refractivity contribution is 6.08. The topological polar surface area (TPSA) is 68.3 Å². The smallest absolute Gasteiger partial charge is 0.230 e. The summed E-state index contributed by atoms with van der Waals surface area (Å²) in [5.74, 6) is 0.742. The molecule has 1 amide bonds. The molecule has 1 fully saturated rings. The second-order valence-corrected chi connectivity index (χ2v) is 7.22. The number of aryl methyl sites for hydroxylation is 1. The summed E-state index contributed by atoms with van der Waals surface area (Å²) >= 11 is 0. The number of Topliss-reactive ketones (excluding diaryl/α,β-unsaturated/α-hetero) is 1. The number of amides is 1. The van der Waals surface area contributed by atoms with E-state index in [0.29, 0.717) is 35.9 Å². The highest BCUT2D eigenvalue weighted by Gasteiger charge is 2.25. The van der Waals surface area contributed by atoms with Crippen molar-refractivity contribution in [3.05, 3.63) is 47.5 Å². The zero-order valence-corrected chi connectivity index (χ0v) is 17.9. The van der Waals surface area contributed by atoms with Crippen LogP contribution >= 0.6 is 0 Å². The number of anilines is 1. The van der Waals surface area contributed by atoms with Crippen LogP contribution in [0.4, 0.5) is 5.69 Å². The second-order valence-electron chi connectivity index (χ2n) is 7.22. The molecule has 0 aliphatic carbocycles. The number of ether oxygens (including phenoxy) is 3. The number of nitrogens with zero attached hydrogens (tertiary/aromatic N) is 2. The average molecular weight is 412 g/mol. The third-order valence-electron chi connectivity index (χ3n) is 5.33. The molecule has 2 aromatic rings. The maximum Gasteiger partial charge on any atom is 0.230 e. The summed E-state index contributed by atoms with van der Waals surface area (Å²) in [7, 11) is 4.48. The molecule has 0 atom stereocenters. The first kappa shape index (κ1) is 21.5. The summed E-state index contributed by atoms with van der Waals surface area (Å²) in [5.41, 5.74) is 2.73. The van der Waals surface area contributed by atoms with E-state index in [9.17, 15) is 9.59 Å². The summed E-state index contributed by atoms with van der Waals surface area (Å²) in [4.78, 5) is 29.4. The van der Waals surface area contributed by atoms with Crippen LogP contribution in [-0.2, 0) is 4.79 Å². The van der Waals surface area contributed by atoms with Gasteiger partial charge in [-0.05, 0) is 31.2 Å². The third-order valence-corrected chi connectivity index (χ3v) is 5.33. The van der Waals surface area contributed by atoms with E-state index in [1.54, 1.807) is 17.0 Å². The maximum atomic E-state index is 12.7. The van der Waals surface area contributed by atoms with Gasteiger partial charge >= 0.3 is 0 Å². The van der Waals surface area contributed by atoms with Crippen LogP contribution in [0.25, 0.3) is 0 Å². The molecule has 0 unspecified atom stereocenters. The molecule has 1 saturated heterocycles. The molecule has 0 N–H and O–H groups in total. The van der Waals surface area contributed by atoms with Crippen LogP contribution in [0.15, 0.2) is 36.4 Å². The van der Waals surface area contributed by atoms with Gasteiger partial charge in [-0.1, -0.05) is 17.7 Å². The van der Waals surface area contributed by atoms with Crippen molar-refractivity contribution in [1.82, 2.24) is 4.90 Å². The minimum atomic E-state index is -0.278. The largest absolute Gasteiger partial charge is 0.493 e. The Morgan fingerprint density at radius 3 is 1.93 bits per heavy atom. The molecule has 0 bridgehead atoms. The van der Waals surface area contributed by atoms with Gasteiger partial charge in [-0.15, -0.1) is 0 Å².